The van der Waals surface area contributed by atoms with Gasteiger partial charge in [-0.1, -0.05) is 22.9 Å². The van der Waals surface area contributed by atoms with Crippen LogP contribution >= 0.6 is 22.5 Å². The van der Waals surface area contributed by atoms with Crippen LogP contribution in [-0.2, 0) is 15.0 Å². The Morgan fingerprint density at radius 3 is 2.62 bits per heavy atom. The van der Waals surface area contributed by atoms with Gasteiger partial charge in [0.05, 0.1) is 11.4 Å². The minimum absolute atomic E-state index is 0.261. The van der Waals surface area contributed by atoms with Gasteiger partial charge in [-0.2, -0.15) is 8.42 Å². The first-order chi connectivity index (χ1) is 7.36. The fourth-order valence-corrected chi connectivity index (χ4v) is 3.17. The van der Waals surface area contributed by atoms with Gasteiger partial charge in [-0.05, 0) is 25.5 Å². The predicted molar refractivity (Wildman–Crippen MR) is 72.2 cm³/mol. The molecular formula is C9H12N2O2S3. The maximum absolute atomic E-state index is 11.4. The van der Waals surface area contributed by atoms with Crippen molar-refractivity contribution in [2.45, 2.75) is 18.6 Å². The molecule has 1 aromatic carbocycles. The second-order valence-corrected chi connectivity index (χ2v) is 7.20. The Labute approximate surface area is 104 Å². The molecule has 7 heteroatoms. The SMILES string of the molecule is CC(C)(SS)c1cccc2c1NS(=O)(=O)N2. The minimum atomic E-state index is -3.43. The summed E-state index contributed by atoms with van der Waals surface area (Å²) in [4.78, 5) is 0. The summed E-state index contributed by atoms with van der Waals surface area (Å²) in [6, 6.07) is 5.46. The largest absolute Gasteiger partial charge is 0.321 e. The zero-order valence-electron chi connectivity index (χ0n) is 8.81. The second-order valence-electron chi connectivity index (χ2n) is 4.04. The van der Waals surface area contributed by atoms with Gasteiger partial charge in [0.2, 0.25) is 0 Å². The van der Waals surface area contributed by atoms with Crippen LogP contribution in [0.25, 0.3) is 0 Å². The zero-order chi connectivity index (χ0) is 12.0. The number of nitrogens with one attached hydrogen (secondary N) is 2. The molecule has 2 rings (SSSR count). The fourth-order valence-electron chi connectivity index (χ4n) is 1.60. The zero-order valence-corrected chi connectivity index (χ0v) is 11.3. The van der Waals surface area contributed by atoms with Gasteiger partial charge in [0.25, 0.3) is 0 Å². The molecule has 1 heterocycles. The van der Waals surface area contributed by atoms with Crippen LogP contribution < -0.4 is 9.44 Å². The van der Waals surface area contributed by atoms with Crippen molar-refractivity contribution >= 4 is 44.0 Å². The Kier molecular flexibility index (Phi) is 2.80. The average molecular weight is 276 g/mol. The smallest absolute Gasteiger partial charge is 0.265 e. The highest BCUT2D eigenvalue weighted by Gasteiger charge is 2.31. The molecule has 1 aliphatic rings. The number of hydrogen-bond acceptors (Lipinski definition) is 4. The molecule has 0 bridgehead atoms. The maximum Gasteiger partial charge on any atom is 0.321 e. The van der Waals surface area contributed by atoms with Gasteiger partial charge < -0.3 is 0 Å². The number of hydrogen-bond donors (Lipinski definition) is 3. The molecule has 0 unspecified atom stereocenters. The van der Waals surface area contributed by atoms with Crippen LogP contribution in [0.5, 0.6) is 0 Å². The van der Waals surface area contributed by atoms with Gasteiger partial charge in [0, 0.05) is 4.75 Å². The summed E-state index contributed by atoms with van der Waals surface area (Å²) in [5, 5.41) is 0. The van der Waals surface area contributed by atoms with E-state index in [-0.39, 0.29) is 4.75 Å². The van der Waals surface area contributed by atoms with E-state index in [2.05, 4.69) is 21.1 Å². The molecule has 16 heavy (non-hydrogen) atoms. The van der Waals surface area contributed by atoms with E-state index < -0.39 is 10.2 Å². The molecule has 0 saturated carbocycles. The van der Waals surface area contributed by atoms with Crippen LogP contribution in [0, 0.1) is 0 Å². The van der Waals surface area contributed by atoms with E-state index in [0.29, 0.717) is 11.4 Å². The molecule has 2 N–H and O–H groups in total. The molecule has 0 radical (unpaired) electrons. The molecule has 0 aliphatic carbocycles. The monoisotopic (exact) mass is 276 g/mol. The number of benzene rings is 1. The van der Waals surface area contributed by atoms with Crippen molar-refractivity contribution in [2.24, 2.45) is 0 Å². The topological polar surface area (TPSA) is 58.2 Å². The molecule has 0 amide bonds. The van der Waals surface area contributed by atoms with Crippen molar-refractivity contribution in [3.8, 4) is 0 Å². The van der Waals surface area contributed by atoms with E-state index in [1.54, 1.807) is 6.07 Å². The molecule has 4 nitrogen and oxygen atoms in total. The molecular weight excluding hydrogens is 264 g/mol. The third-order valence-corrected chi connectivity index (χ3v) is 5.43. The van der Waals surface area contributed by atoms with Crippen molar-refractivity contribution in [2.75, 3.05) is 9.44 Å². The molecule has 0 atom stereocenters. The normalized spacial score (nSPS) is 17.4. The lowest BCUT2D eigenvalue weighted by Crippen LogP contribution is -2.15. The first-order valence-electron chi connectivity index (χ1n) is 4.62. The second kappa shape index (κ2) is 3.75. The average Bonchev–Trinajstić information content (AvgIpc) is 2.50. The van der Waals surface area contributed by atoms with Crippen LogP contribution in [0.1, 0.15) is 19.4 Å². The molecule has 0 aromatic heterocycles. The Balaban J connectivity index is 2.57. The summed E-state index contributed by atoms with van der Waals surface area (Å²) >= 11 is 4.22. The molecule has 0 saturated heterocycles. The number of rotatable bonds is 2. The van der Waals surface area contributed by atoms with E-state index in [0.717, 1.165) is 5.56 Å². The summed E-state index contributed by atoms with van der Waals surface area (Å²) in [7, 11) is -2.05. The predicted octanol–water partition coefficient (Wildman–Crippen LogP) is 2.58. The number of anilines is 2. The van der Waals surface area contributed by atoms with Crippen molar-refractivity contribution in [3.63, 3.8) is 0 Å². The lowest BCUT2D eigenvalue weighted by Gasteiger charge is -2.23. The lowest BCUT2D eigenvalue weighted by molar-refractivity contribution is 0.607. The van der Waals surface area contributed by atoms with Gasteiger partial charge in [0.15, 0.2) is 0 Å². The maximum atomic E-state index is 11.4. The summed E-state index contributed by atoms with van der Waals surface area (Å²) in [5.41, 5.74) is 2.13. The van der Waals surface area contributed by atoms with Crippen LogP contribution in [0.2, 0.25) is 0 Å². The van der Waals surface area contributed by atoms with Crippen LogP contribution in [0.3, 0.4) is 0 Å². The highest BCUT2D eigenvalue weighted by Crippen LogP contribution is 2.45. The molecule has 88 valence electrons. The van der Waals surface area contributed by atoms with E-state index in [1.165, 1.54) is 10.8 Å². The van der Waals surface area contributed by atoms with Crippen molar-refractivity contribution in [3.05, 3.63) is 23.8 Å². The summed E-state index contributed by atoms with van der Waals surface area (Å²) in [6.07, 6.45) is 0. The molecule has 1 aliphatic heterocycles. The fraction of sp³-hybridized carbons (Fsp3) is 0.333. The summed E-state index contributed by atoms with van der Waals surface area (Å²) < 4.78 is 27.5. The Hall–Kier alpha value is -0.530. The van der Waals surface area contributed by atoms with E-state index >= 15 is 0 Å². The Bertz CT molecular complexity index is 526. The van der Waals surface area contributed by atoms with Crippen molar-refractivity contribution < 1.29 is 8.42 Å². The minimum Gasteiger partial charge on any atom is -0.265 e. The van der Waals surface area contributed by atoms with Gasteiger partial charge in [-0.25, -0.2) is 0 Å². The molecule has 0 fully saturated rings. The van der Waals surface area contributed by atoms with Crippen molar-refractivity contribution in [1.82, 2.24) is 0 Å². The van der Waals surface area contributed by atoms with Crippen LogP contribution in [-0.4, -0.2) is 8.42 Å². The van der Waals surface area contributed by atoms with Gasteiger partial charge >= 0.3 is 10.2 Å². The van der Waals surface area contributed by atoms with Crippen LogP contribution in [0.4, 0.5) is 11.4 Å². The van der Waals surface area contributed by atoms with Crippen molar-refractivity contribution in [1.29, 1.82) is 0 Å². The summed E-state index contributed by atoms with van der Waals surface area (Å²) in [5.74, 6) is 0. The highest BCUT2D eigenvalue weighted by molar-refractivity contribution is 8.69. The Morgan fingerprint density at radius 1 is 1.31 bits per heavy atom. The van der Waals surface area contributed by atoms with E-state index in [4.69, 9.17) is 0 Å². The first kappa shape index (κ1) is 11.9. The standard InChI is InChI=1S/C9H12N2O2S3/c1-9(2,15-14)6-4-3-5-7-8(6)11-16(12,13)10-7/h3-5,10-11,14H,1-2H3. The third-order valence-electron chi connectivity index (χ3n) is 2.42. The van der Waals surface area contributed by atoms with E-state index in [9.17, 15) is 8.42 Å². The van der Waals surface area contributed by atoms with Gasteiger partial charge in [0.1, 0.15) is 0 Å². The Morgan fingerprint density at radius 2 is 2.00 bits per heavy atom. The quantitative estimate of drug-likeness (QED) is 0.575. The number of para-hydroxylation sites is 1. The number of fused-ring (bicyclic) bond motifs is 1. The van der Waals surface area contributed by atoms with Gasteiger partial charge in [-0.15, -0.1) is 11.7 Å². The van der Waals surface area contributed by atoms with E-state index in [1.807, 2.05) is 26.0 Å². The first-order valence-corrected chi connectivity index (χ1v) is 7.97. The molecule has 1 aromatic rings. The van der Waals surface area contributed by atoms with Gasteiger partial charge in [-0.3, -0.25) is 9.44 Å². The summed E-state index contributed by atoms with van der Waals surface area (Å²) in [6.45, 7) is 3.99. The third kappa shape index (κ3) is 1.99. The molecule has 0 spiro atoms. The highest BCUT2D eigenvalue weighted by atomic mass is 33.1. The van der Waals surface area contributed by atoms with Crippen LogP contribution in [0.15, 0.2) is 18.2 Å². The number of thiol groups is 1. The lowest BCUT2D eigenvalue weighted by atomic mass is 9.99.